The number of hydrogen-bond donors (Lipinski definition) is 0. The summed E-state index contributed by atoms with van der Waals surface area (Å²) in [6, 6.07) is 8.86. The molecule has 0 spiro atoms. The Bertz CT molecular complexity index is 2350. The van der Waals surface area contributed by atoms with Crippen molar-refractivity contribution in [3.05, 3.63) is 92.6 Å². The second kappa shape index (κ2) is 17.2. The van der Waals surface area contributed by atoms with Crippen molar-refractivity contribution in [2.75, 3.05) is 0 Å². The fraction of sp³-hybridized carbons (Fsp3) is 0.361. The molecule has 1 aliphatic carbocycles. The lowest BCUT2D eigenvalue weighted by Crippen LogP contribution is -2.81. The molecule has 0 fully saturated rings. The molecule has 0 atom stereocenters. The fourth-order valence-electron chi connectivity index (χ4n) is 7.46. The number of amides is 1. The van der Waals surface area contributed by atoms with Gasteiger partial charge in [0, 0.05) is 17.8 Å². The van der Waals surface area contributed by atoms with Gasteiger partial charge in [-0.05, 0) is 81.0 Å². The fourth-order valence-corrected chi connectivity index (χ4v) is 8.42. The molecule has 1 aliphatic rings. The van der Waals surface area contributed by atoms with E-state index in [1.165, 1.54) is 30.5 Å². The highest BCUT2D eigenvalue weighted by molar-refractivity contribution is 8.02. The topological polar surface area (TPSA) is 58.4 Å². The van der Waals surface area contributed by atoms with Crippen LogP contribution in [0.25, 0.3) is 11.1 Å². The summed E-state index contributed by atoms with van der Waals surface area (Å²) in [7, 11) is 91.2. The van der Waals surface area contributed by atoms with Crippen molar-refractivity contribution in [2.45, 2.75) is 83.4 Å². The summed E-state index contributed by atoms with van der Waals surface area (Å²) in [6.07, 6.45) is -3.48. The minimum Gasteiger partial charge on any atom is -0.348 e. The minimum atomic E-state index is -4.64. The Labute approximate surface area is 376 Å². The summed E-state index contributed by atoms with van der Waals surface area (Å²) in [5.41, 5.74) is -1.65. The van der Waals surface area contributed by atoms with E-state index in [9.17, 15) is 22.4 Å². The molecule has 0 bridgehead atoms. The number of halogens is 4. The van der Waals surface area contributed by atoms with Gasteiger partial charge in [-0.15, -0.1) is 0 Å². The quantitative estimate of drug-likeness (QED) is 0.0639. The number of thioether (sulfide) groups is 1. The zero-order valence-electron chi connectivity index (χ0n) is 33.3. The average molecular weight is 804 g/mol. The predicted molar refractivity (Wildman–Crippen MR) is 245 cm³/mol. The largest absolute Gasteiger partial charge is 0.416 e. The maximum absolute atomic E-state index is 15.1. The Morgan fingerprint density at radius 1 is 0.754 bits per heavy atom. The maximum Gasteiger partial charge on any atom is 0.416 e. The van der Waals surface area contributed by atoms with Crippen molar-refractivity contribution in [2.24, 2.45) is 0 Å². The summed E-state index contributed by atoms with van der Waals surface area (Å²) in [6.45, 7) is 0.983. The molecule has 4 aromatic rings. The van der Waals surface area contributed by atoms with Gasteiger partial charge in [-0.25, -0.2) is 4.39 Å². The van der Waals surface area contributed by atoms with Crippen LogP contribution in [0.15, 0.2) is 58.5 Å². The highest BCUT2D eigenvalue weighted by Gasteiger charge is 2.50. The zero-order valence-corrected chi connectivity index (χ0v) is 34.1. The Hall–Kier alpha value is -3.05. The van der Waals surface area contributed by atoms with E-state index in [4.69, 9.17) is 110 Å². The first-order chi connectivity index (χ1) is 27.8. The van der Waals surface area contributed by atoms with Gasteiger partial charge >= 0.3 is 6.18 Å². The molecule has 276 valence electrons. The third-order valence-electron chi connectivity index (χ3n) is 10.4. The van der Waals surface area contributed by atoms with Gasteiger partial charge < -0.3 is 14.4 Å². The second-order valence-corrected chi connectivity index (χ2v) is 16.7. The number of nitrogens with zero attached hydrogens (tertiary/aromatic N) is 4. The van der Waals surface area contributed by atoms with Gasteiger partial charge in [0.1, 0.15) is 43.7 Å². The first-order valence-electron chi connectivity index (χ1n) is 18.3. The van der Waals surface area contributed by atoms with Crippen LogP contribution in [0.1, 0.15) is 48.2 Å². The third-order valence-corrected chi connectivity index (χ3v) is 11.4. The molecule has 1 amide bonds. The number of carbonyl (C=O) groups excluding carboxylic acids is 1. The number of aromatic nitrogens is 2. The van der Waals surface area contributed by atoms with Crippen molar-refractivity contribution in [1.29, 1.82) is 0 Å². The number of alkyl halides is 3. The normalized spacial score (nSPS) is 14.0. The van der Waals surface area contributed by atoms with E-state index < -0.39 is 68.0 Å². The van der Waals surface area contributed by atoms with Crippen LogP contribution in [-0.2, 0) is 41.4 Å². The zero-order chi connectivity index (χ0) is 46.0. The molecule has 0 unspecified atom stereocenters. The number of carbonyl (C=O) groups is 1. The lowest BCUT2D eigenvalue weighted by molar-refractivity contribution is -0.137. The van der Waals surface area contributed by atoms with Crippen LogP contribution in [0.3, 0.4) is 0 Å². The van der Waals surface area contributed by atoms with Crippen molar-refractivity contribution in [1.82, 2.24) is 19.4 Å². The van der Waals surface area contributed by atoms with E-state index in [0.29, 0.717) is 42.3 Å². The summed E-state index contributed by atoms with van der Waals surface area (Å²) in [5, 5.41) is -9.83. The van der Waals surface area contributed by atoms with Crippen LogP contribution < -0.4 is 27.4 Å². The third kappa shape index (κ3) is 9.73. The molecule has 0 saturated carbocycles. The van der Waals surface area contributed by atoms with Crippen LogP contribution >= 0.6 is 11.8 Å². The van der Waals surface area contributed by atoms with Crippen LogP contribution in [0.5, 0.6) is 0 Å². The van der Waals surface area contributed by atoms with E-state index in [1.807, 2.05) is 0 Å². The van der Waals surface area contributed by atoms with E-state index >= 15 is 4.79 Å². The predicted octanol–water partition coefficient (Wildman–Crippen LogP) is -2.69. The Kier molecular flexibility index (Phi) is 13.8. The molecule has 0 N–H and O–H groups in total. The summed E-state index contributed by atoms with van der Waals surface area (Å²) in [5.74, 6) is -1.54. The Morgan fingerprint density at radius 2 is 1.26 bits per heavy atom. The molecule has 1 aromatic heterocycles. The molecule has 5 rings (SSSR count). The maximum atomic E-state index is 15.1. The molecular formula is C36H24B14F4N4O2S. The summed E-state index contributed by atoms with van der Waals surface area (Å²) < 4.78 is 53.5. The van der Waals surface area contributed by atoms with Crippen LogP contribution in [0.2, 0.25) is 0 Å². The molecule has 6 nitrogen and oxygen atoms in total. The first kappa shape index (κ1) is 49.0. The van der Waals surface area contributed by atoms with Crippen molar-refractivity contribution in [3.8, 4) is 11.1 Å². The van der Waals surface area contributed by atoms with Crippen LogP contribution in [0, 0.1) is 5.82 Å². The number of fused-ring (bicyclic) bond motifs is 1. The number of rotatable bonds is 13. The minimum absolute atomic E-state index is 0.0101. The van der Waals surface area contributed by atoms with Crippen molar-refractivity contribution in [3.63, 3.8) is 0 Å². The van der Waals surface area contributed by atoms with E-state index in [1.54, 1.807) is 0 Å². The Morgan fingerprint density at radius 3 is 1.75 bits per heavy atom. The van der Waals surface area contributed by atoms with Crippen LogP contribution in [-0.4, -0.2) is 156 Å². The van der Waals surface area contributed by atoms with Gasteiger partial charge in [0.05, 0.1) is 84.0 Å². The molecule has 28 radical (unpaired) electrons. The standard InChI is InChI=1S/C36H24B14F4N4O2S/c1-31(41,42)58(32(2,43)44)36(49,50)35(47,48)57(14-21-25(37)27(39)24(28(40)26(21)38)16-6-8-18(9-7-16)34(52,53)54)23(59)15-56-22-5-3-4-20(22)29(60)55-30(56)61-33(45,46)17-10-12-19(51)13-11-17/h6-13H,3-5,14-15H2,1-2H3. The van der Waals surface area contributed by atoms with E-state index in [0.717, 1.165) is 46.2 Å². The lowest BCUT2D eigenvalue weighted by atomic mass is 9.33. The van der Waals surface area contributed by atoms with Crippen molar-refractivity contribution >= 4 is 149 Å². The molecule has 0 saturated heterocycles. The molecular weight excluding hydrogens is 780 g/mol. The molecule has 3 aromatic carbocycles. The number of benzene rings is 3. The lowest BCUT2D eigenvalue weighted by Gasteiger charge is -2.65. The summed E-state index contributed by atoms with van der Waals surface area (Å²) in [4.78, 5) is 34.1. The first-order valence-corrected chi connectivity index (χ1v) is 19.1. The average Bonchev–Trinajstić information content (AvgIpc) is 3.62. The van der Waals surface area contributed by atoms with Crippen molar-refractivity contribution < 1.29 is 22.4 Å². The Balaban J connectivity index is 1.70. The van der Waals surface area contributed by atoms with E-state index in [2.05, 4.69) is 4.98 Å². The van der Waals surface area contributed by atoms with Gasteiger partial charge in [-0.1, -0.05) is 82.4 Å². The number of hydrogen-bond acceptors (Lipinski definition) is 5. The van der Waals surface area contributed by atoms with E-state index in [-0.39, 0.29) is 49.3 Å². The monoisotopic (exact) mass is 806 g/mol. The molecule has 25 heteroatoms. The van der Waals surface area contributed by atoms with Gasteiger partial charge in [0.25, 0.3) is 5.56 Å². The summed E-state index contributed by atoms with van der Waals surface area (Å²) >= 11 is 0.697. The molecule has 1 heterocycles. The second-order valence-electron chi connectivity index (χ2n) is 15.5. The van der Waals surface area contributed by atoms with Gasteiger partial charge in [0.15, 0.2) is 5.16 Å². The smallest absolute Gasteiger partial charge is 0.348 e. The van der Waals surface area contributed by atoms with Gasteiger partial charge in [0.2, 0.25) is 5.91 Å². The molecule has 0 aliphatic heterocycles. The highest BCUT2D eigenvalue weighted by Crippen LogP contribution is 2.38. The molecule has 61 heavy (non-hydrogen) atoms. The van der Waals surface area contributed by atoms with Gasteiger partial charge in [-0.2, -0.15) is 18.2 Å². The van der Waals surface area contributed by atoms with Gasteiger partial charge in [-0.3, -0.25) is 9.59 Å². The highest BCUT2D eigenvalue weighted by atomic mass is 32.2. The van der Waals surface area contributed by atoms with Crippen LogP contribution in [0.4, 0.5) is 17.6 Å². The SMILES string of the molecule is [B]c1c([B])c(-c2ccc(C(F)(F)F)cc2)c([B])c([B])c1CN(C(=O)Cn1c(SC([B])([B])c2ccc(F)cc2)nc(=O)c2c1CCC2)C([B])([B])C([B])([B])N(C([B])([B])C)C([B])([B])C.